The zero-order chi connectivity index (χ0) is 19.8. The van der Waals surface area contributed by atoms with E-state index in [2.05, 4.69) is 4.72 Å². The molecule has 150 valence electrons. The van der Waals surface area contributed by atoms with Crippen molar-refractivity contribution < 1.29 is 26.4 Å². The second-order valence-electron chi connectivity index (χ2n) is 7.02. The molecule has 1 aromatic carbocycles. The number of benzene rings is 1. The number of carbonyl (C=O) groups excluding carboxylic acids is 1. The number of halogens is 3. The Labute approximate surface area is 156 Å². The number of aryl methyl sites for hydroxylation is 1. The lowest BCUT2D eigenvalue weighted by Gasteiger charge is -2.29. The van der Waals surface area contributed by atoms with E-state index in [0.29, 0.717) is 25.1 Å². The summed E-state index contributed by atoms with van der Waals surface area (Å²) in [7, 11) is -3.84. The van der Waals surface area contributed by atoms with E-state index in [0.717, 1.165) is 12.0 Å². The molecule has 0 aromatic heterocycles. The molecule has 2 heterocycles. The van der Waals surface area contributed by atoms with Crippen LogP contribution in [0.15, 0.2) is 23.1 Å². The number of hydrogen-bond donors (Lipinski definition) is 1. The van der Waals surface area contributed by atoms with Gasteiger partial charge in [-0.05, 0) is 43.0 Å². The maximum absolute atomic E-state index is 12.6. The molecule has 2 aliphatic rings. The molecule has 1 unspecified atom stereocenters. The lowest BCUT2D eigenvalue weighted by Crippen LogP contribution is -2.39. The molecule has 1 aromatic rings. The van der Waals surface area contributed by atoms with Crippen molar-refractivity contribution in [1.82, 2.24) is 9.62 Å². The number of amides is 1. The Kier molecular flexibility index (Phi) is 5.51. The zero-order valence-corrected chi connectivity index (χ0v) is 15.7. The number of anilines is 1. The molecule has 0 bridgehead atoms. The number of likely N-dealkylation sites (tertiary alicyclic amines) is 1. The van der Waals surface area contributed by atoms with Gasteiger partial charge >= 0.3 is 6.18 Å². The van der Waals surface area contributed by atoms with Crippen molar-refractivity contribution in [1.29, 1.82) is 0 Å². The smallest absolute Gasteiger partial charge is 0.312 e. The van der Waals surface area contributed by atoms with Crippen molar-refractivity contribution in [3.8, 4) is 0 Å². The van der Waals surface area contributed by atoms with Crippen molar-refractivity contribution >= 4 is 21.6 Å². The van der Waals surface area contributed by atoms with Crippen LogP contribution in [-0.4, -0.2) is 57.6 Å². The van der Waals surface area contributed by atoms with Crippen molar-refractivity contribution in [2.45, 2.75) is 43.3 Å². The second-order valence-corrected chi connectivity index (χ2v) is 8.74. The van der Waals surface area contributed by atoms with Crippen LogP contribution in [0.25, 0.3) is 0 Å². The summed E-state index contributed by atoms with van der Waals surface area (Å²) in [5.74, 6) is -0.0969. The van der Waals surface area contributed by atoms with Gasteiger partial charge in [-0.25, -0.2) is 13.1 Å². The zero-order valence-electron chi connectivity index (χ0n) is 14.9. The van der Waals surface area contributed by atoms with Gasteiger partial charge in [0, 0.05) is 38.3 Å². The van der Waals surface area contributed by atoms with Crippen LogP contribution in [0.5, 0.6) is 0 Å². The number of fused-ring (bicyclic) bond motifs is 1. The monoisotopic (exact) mass is 405 g/mol. The van der Waals surface area contributed by atoms with Gasteiger partial charge in [0.05, 0.1) is 11.4 Å². The van der Waals surface area contributed by atoms with Crippen LogP contribution in [0, 0.1) is 0 Å². The average Bonchev–Trinajstić information content (AvgIpc) is 2.97. The highest BCUT2D eigenvalue weighted by Crippen LogP contribution is 2.30. The third-order valence-corrected chi connectivity index (χ3v) is 6.38. The van der Waals surface area contributed by atoms with Gasteiger partial charge in [-0.15, -0.1) is 0 Å². The molecule has 0 aliphatic carbocycles. The topological polar surface area (TPSA) is 69.7 Å². The van der Waals surface area contributed by atoms with Crippen LogP contribution in [0.4, 0.5) is 18.9 Å². The quantitative estimate of drug-likeness (QED) is 0.831. The van der Waals surface area contributed by atoms with Crippen LogP contribution >= 0.6 is 0 Å². The first-order chi connectivity index (χ1) is 12.5. The predicted octanol–water partition coefficient (Wildman–Crippen LogP) is 1.90. The molecule has 1 saturated heterocycles. The van der Waals surface area contributed by atoms with Crippen molar-refractivity contribution in [2.24, 2.45) is 0 Å². The van der Waals surface area contributed by atoms with E-state index in [1.165, 1.54) is 17.9 Å². The molecule has 3 rings (SSSR count). The molecule has 0 radical (unpaired) electrons. The second kappa shape index (κ2) is 7.40. The Hall–Kier alpha value is -1.65. The Bertz CT molecular complexity index is 826. The Morgan fingerprint density at radius 1 is 1.30 bits per heavy atom. The summed E-state index contributed by atoms with van der Waals surface area (Å²) >= 11 is 0. The molecule has 6 nitrogen and oxygen atoms in total. The largest absolute Gasteiger partial charge is 0.401 e. The lowest BCUT2D eigenvalue weighted by atomic mass is 10.0. The van der Waals surface area contributed by atoms with E-state index in [1.807, 2.05) is 0 Å². The SMILES string of the molecule is CC(=O)N1CCCc2cc(S(=O)(=O)NC3CCN(CC(F)(F)F)C3)ccc21. The van der Waals surface area contributed by atoms with Crippen LogP contribution < -0.4 is 9.62 Å². The third-order valence-electron chi connectivity index (χ3n) is 4.86. The molecule has 1 N–H and O–H groups in total. The van der Waals surface area contributed by atoms with E-state index < -0.39 is 28.8 Å². The highest BCUT2D eigenvalue weighted by molar-refractivity contribution is 7.89. The van der Waals surface area contributed by atoms with E-state index >= 15 is 0 Å². The normalized spacial score (nSPS) is 21.3. The average molecular weight is 405 g/mol. The standard InChI is InChI=1S/C17H22F3N3O3S/c1-12(24)23-7-2-3-13-9-15(4-5-16(13)23)27(25,26)21-14-6-8-22(10-14)11-17(18,19)20/h4-5,9,14,21H,2-3,6-8,10-11H2,1H3. The molecule has 0 spiro atoms. The molecule has 2 aliphatic heterocycles. The highest BCUT2D eigenvalue weighted by Gasteiger charge is 2.35. The first kappa shape index (κ1) is 20.1. The molecule has 1 fully saturated rings. The summed E-state index contributed by atoms with van der Waals surface area (Å²) in [5.41, 5.74) is 1.49. The summed E-state index contributed by atoms with van der Waals surface area (Å²) in [4.78, 5) is 14.6. The maximum Gasteiger partial charge on any atom is 0.401 e. The fourth-order valence-electron chi connectivity index (χ4n) is 3.68. The van der Waals surface area contributed by atoms with Crippen LogP contribution in [0.2, 0.25) is 0 Å². The van der Waals surface area contributed by atoms with Gasteiger partial charge in [0.15, 0.2) is 0 Å². The maximum atomic E-state index is 12.6. The van der Waals surface area contributed by atoms with Gasteiger partial charge in [-0.2, -0.15) is 13.2 Å². The number of rotatable bonds is 4. The molecular weight excluding hydrogens is 383 g/mol. The summed E-state index contributed by atoms with van der Waals surface area (Å²) in [6, 6.07) is 4.05. The van der Waals surface area contributed by atoms with Crippen molar-refractivity contribution in [3.05, 3.63) is 23.8 Å². The van der Waals surface area contributed by atoms with Gasteiger partial charge in [-0.3, -0.25) is 9.69 Å². The van der Waals surface area contributed by atoms with Crippen LogP contribution in [-0.2, 0) is 21.2 Å². The number of sulfonamides is 1. The lowest BCUT2D eigenvalue weighted by molar-refractivity contribution is -0.143. The number of carbonyl (C=O) groups is 1. The van der Waals surface area contributed by atoms with Gasteiger partial charge in [0.1, 0.15) is 0 Å². The van der Waals surface area contributed by atoms with Gasteiger partial charge in [0.2, 0.25) is 15.9 Å². The van der Waals surface area contributed by atoms with E-state index in [4.69, 9.17) is 0 Å². The first-order valence-electron chi connectivity index (χ1n) is 8.78. The Morgan fingerprint density at radius 3 is 2.70 bits per heavy atom. The molecule has 10 heteroatoms. The minimum atomic E-state index is -4.30. The highest BCUT2D eigenvalue weighted by atomic mass is 32.2. The van der Waals surface area contributed by atoms with Crippen molar-refractivity contribution in [2.75, 3.05) is 31.1 Å². The Morgan fingerprint density at radius 2 is 2.04 bits per heavy atom. The fourth-order valence-corrected chi connectivity index (χ4v) is 4.99. The van der Waals surface area contributed by atoms with Crippen LogP contribution in [0.1, 0.15) is 25.3 Å². The van der Waals surface area contributed by atoms with E-state index in [9.17, 15) is 26.4 Å². The van der Waals surface area contributed by atoms with Gasteiger partial charge < -0.3 is 4.90 Å². The van der Waals surface area contributed by atoms with Crippen molar-refractivity contribution in [3.63, 3.8) is 0 Å². The summed E-state index contributed by atoms with van der Waals surface area (Å²) in [5, 5.41) is 0. The van der Waals surface area contributed by atoms with E-state index in [1.54, 1.807) is 17.0 Å². The molecule has 27 heavy (non-hydrogen) atoms. The molecule has 1 atom stereocenters. The minimum absolute atomic E-state index is 0.0296. The molecule has 0 saturated carbocycles. The summed E-state index contributed by atoms with van der Waals surface area (Å²) < 4.78 is 65.2. The van der Waals surface area contributed by atoms with Gasteiger partial charge in [0.25, 0.3) is 0 Å². The van der Waals surface area contributed by atoms with Gasteiger partial charge in [-0.1, -0.05) is 0 Å². The first-order valence-corrected chi connectivity index (χ1v) is 10.3. The fraction of sp³-hybridized carbons (Fsp3) is 0.588. The van der Waals surface area contributed by atoms with Crippen LogP contribution in [0.3, 0.4) is 0 Å². The minimum Gasteiger partial charge on any atom is -0.312 e. The predicted molar refractivity (Wildman–Crippen MR) is 94.0 cm³/mol. The molecular formula is C17H22F3N3O3S. The third kappa shape index (κ3) is 4.80. The van der Waals surface area contributed by atoms with E-state index in [-0.39, 0.29) is 23.9 Å². The number of hydrogen-bond acceptors (Lipinski definition) is 4. The summed E-state index contributed by atoms with van der Waals surface area (Å²) in [6.07, 6.45) is -2.54. The number of nitrogens with zero attached hydrogens (tertiary/aromatic N) is 2. The molecule has 1 amide bonds. The Balaban J connectivity index is 1.72. The summed E-state index contributed by atoms with van der Waals surface area (Å²) in [6.45, 7) is 1.26. The number of nitrogens with one attached hydrogen (secondary N) is 1. The number of alkyl halides is 3.